The Morgan fingerprint density at radius 2 is 2.09 bits per heavy atom. The number of likely N-dealkylation sites (tertiary alicyclic amines) is 1. The fraction of sp³-hybridized carbons (Fsp3) is 0.471. The van der Waals surface area contributed by atoms with Crippen LogP contribution < -0.4 is 0 Å². The number of carbonyl (C=O) groups is 1. The summed E-state index contributed by atoms with van der Waals surface area (Å²) in [4.78, 5) is 18.4. The first-order valence-corrected chi connectivity index (χ1v) is 7.95. The molecule has 1 aliphatic rings. The van der Waals surface area contributed by atoms with Crippen molar-refractivity contribution in [3.8, 4) is 0 Å². The third-order valence-electron chi connectivity index (χ3n) is 4.31. The van der Waals surface area contributed by atoms with Gasteiger partial charge in [0.1, 0.15) is 5.82 Å². The summed E-state index contributed by atoms with van der Waals surface area (Å²) in [6, 6.07) is 6.61. The van der Waals surface area contributed by atoms with Gasteiger partial charge in [0, 0.05) is 25.4 Å². The smallest absolute Gasteiger partial charge is 0.229 e. The second-order valence-electron chi connectivity index (χ2n) is 5.93. The van der Waals surface area contributed by atoms with Crippen molar-refractivity contribution >= 4 is 5.91 Å². The van der Waals surface area contributed by atoms with Crippen molar-refractivity contribution in [1.29, 1.82) is 0 Å². The summed E-state index contributed by atoms with van der Waals surface area (Å²) in [5, 5.41) is 3.82. The molecule has 1 amide bonds. The van der Waals surface area contributed by atoms with Gasteiger partial charge in [0.05, 0.1) is 0 Å². The van der Waals surface area contributed by atoms with E-state index in [2.05, 4.69) is 10.1 Å². The molecule has 5 nitrogen and oxygen atoms in total. The van der Waals surface area contributed by atoms with Crippen molar-refractivity contribution in [2.75, 3.05) is 13.1 Å². The summed E-state index contributed by atoms with van der Waals surface area (Å²) < 4.78 is 18.8. The molecule has 0 atom stereocenters. The van der Waals surface area contributed by atoms with Crippen molar-refractivity contribution in [3.63, 3.8) is 0 Å². The number of halogens is 1. The number of aryl methyl sites for hydroxylation is 2. The van der Waals surface area contributed by atoms with Crippen LogP contribution in [0.1, 0.15) is 42.5 Å². The van der Waals surface area contributed by atoms with Gasteiger partial charge in [0.2, 0.25) is 11.8 Å². The van der Waals surface area contributed by atoms with Crippen molar-refractivity contribution in [2.45, 2.75) is 38.5 Å². The van der Waals surface area contributed by atoms with Gasteiger partial charge in [-0.15, -0.1) is 0 Å². The molecule has 0 unspecified atom stereocenters. The minimum Gasteiger partial charge on any atom is -0.343 e. The molecule has 0 bridgehead atoms. The number of nitrogens with zero attached hydrogens (tertiary/aromatic N) is 3. The first-order chi connectivity index (χ1) is 11.1. The van der Waals surface area contributed by atoms with E-state index < -0.39 is 0 Å². The van der Waals surface area contributed by atoms with Crippen molar-refractivity contribution in [2.24, 2.45) is 0 Å². The van der Waals surface area contributed by atoms with Gasteiger partial charge in [-0.1, -0.05) is 23.4 Å². The fourth-order valence-electron chi connectivity index (χ4n) is 2.96. The average Bonchev–Trinajstić information content (AvgIpc) is 3.00. The van der Waals surface area contributed by atoms with Gasteiger partial charge in [-0.2, -0.15) is 4.98 Å². The van der Waals surface area contributed by atoms with Gasteiger partial charge >= 0.3 is 0 Å². The molecule has 23 heavy (non-hydrogen) atoms. The van der Waals surface area contributed by atoms with Crippen molar-refractivity contribution < 1.29 is 13.7 Å². The lowest BCUT2D eigenvalue weighted by Crippen LogP contribution is -2.38. The Morgan fingerprint density at radius 1 is 1.35 bits per heavy atom. The van der Waals surface area contributed by atoms with Crippen LogP contribution >= 0.6 is 0 Å². The third kappa shape index (κ3) is 3.75. The van der Waals surface area contributed by atoms with Crippen LogP contribution in [0.4, 0.5) is 4.39 Å². The molecule has 1 aromatic carbocycles. The van der Waals surface area contributed by atoms with Crippen molar-refractivity contribution in [1.82, 2.24) is 15.0 Å². The molecule has 122 valence electrons. The minimum atomic E-state index is -0.245. The molecule has 0 aliphatic carbocycles. The highest BCUT2D eigenvalue weighted by Crippen LogP contribution is 2.27. The molecule has 6 heteroatoms. The second-order valence-corrected chi connectivity index (χ2v) is 5.93. The largest absolute Gasteiger partial charge is 0.343 e. The summed E-state index contributed by atoms with van der Waals surface area (Å²) in [5.41, 5.74) is 0.595. The highest BCUT2D eigenvalue weighted by molar-refractivity contribution is 5.76. The van der Waals surface area contributed by atoms with Gasteiger partial charge in [-0.05, 0) is 37.8 Å². The number of piperidine rings is 1. The molecular weight excluding hydrogens is 297 g/mol. The van der Waals surface area contributed by atoms with Crippen LogP contribution in [-0.4, -0.2) is 34.0 Å². The molecule has 1 aromatic heterocycles. The normalized spacial score (nSPS) is 15.8. The standard InChI is InChI=1S/C17H20FN3O2/c1-12-19-17(23-20-12)14-8-10-21(11-9-14)16(22)7-6-13-4-2-3-5-15(13)18/h2-5,14H,6-11H2,1H3. The van der Waals surface area contributed by atoms with Crippen LogP contribution in [0.25, 0.3) is 0 Å². The topological polar surface area (TPSA) is 59.2 Å². The molecule has 1 saturated heterocycles. The SMILES string of the molecule is Cc1noc(C2CCN(C(=O)CCc3ccccc3F)CC2)n1. The van der Waals surface area contributed by atoms with Crippen LogP contribution in [0.3, 0.4) is 0 Å². The van der Waals surface area contributed by atoms with E-state index in [0.29, 0.717) is 43.2 Å². The minimum absolute atomic E-state index is 0.0772. The second kappa shape index (κ2) is 6.89. The highest BCUT2D eigenvalue weighted by Gasteiger charge is 2.27. The summed E-state index contributed by atoms with van der Waals surface area (Å²) in [7, 11) is 0. The van der Waals surface area contributed by atoms with Gasteiger partial charge in [0.25, 0.3) is 0 Å². The zero-order chi connectivity index (χ0) is 16.2. The van der Waals surface area contributed by atoms with E-state index in [1.54, 1.807) is 25.1 Å². The van der Waals surface area contributed by atoms with Gasteiger partial charge < -0.3 is 9.42 Å². The summed E-state index contributed by atoms with van der Waals surface area (Å²) in [6.45, 7) is 3.17. The lowest BCUT2D eigenvalue weighted by Gasteiger charge is -2.30. The average molecular weight is 317 g/mol. The number of benzene rings is 1. The zero-order valence-corrected chi connectivity index (χ0v) is 13.2. The van der Waals surface area contributed by atoms with Crippen molar-refractivity contribution in [3.05, 3.63) is 47.4 Å². The molecule has 3 rings (SSSR count). The Hall–Kier alpha value is -2.24. The monoisotopic (exact) mass is 317 g/mol. The number of hydrogen-bond donors (Lipinski definition) is 0. The van der Waals surface area contributed by atoms with Crippen LogP contribution in [0.2, 0.25) is 0 Å². The Balaban J connectivity index is 1.49. The maximum Gasteiger partial charge on any atom is 0.229 e. The molecule has 0 radical (unpaired) electrons. The predicted octanol–water partition coefficient (Wildman–Crippen LogP) is 2.86. The third-order valence-corrected chi connectivity index (χ3v) is 4.31. The fourth-order valence-corrected chi connectivity index (χ4v) is 2.96. The van der Waals surface area contributed by atoms with Crippen LogP contribution in [0, 0.1) is 12.7 Å². The molecule has 1 aliphatic heterocycles. The van der Waals surface area contributed by atoms with E-state index in [1.165, 1.54) is 6.07 Å². The number of hydrogen-bond acceptors (Lipinski definition) is 4. The number of aromatic nitrogens is 2. The molecule has 0 N–H and O–H groups in total. The number of carbonyl (C=O) groups excluding carboxylic acids is 1. The number of rotatable bonds is 4. The van der Waals surface area contributed by atoms with E-state index >= 15 is 0 Å². The zero-order valence-electron chi connectivity index (χ0n) is 13.2. The molecular formula is C17H20FN3O2. The molecule has 0 saturated carbocycles. The maximum atomic E-state index is 13.6. The van der Waals surface area contributed by atoms with E-state index in [9.17, 15) is 9.18 Å². The van der Waals surface area contributed by atoms with Crippen LogP contribution in [-0.2, 0) is 11.2 Å². The van der Waals surface area contributed by atoms with Gasteiger partial charge in [-0.25, -0.2) is 4.39 Å². The summed E-state index contributed by atoms with van der Waals surface area (Å²) in [5.74, 6) is 1.37. The Bertz CT molecular complexity index is 678. The maximum absolute atomic E-state index is 13.6. The molecule has 1 fully saturated rings. The quantitative estimate of drug-likeness (QED) is 0.870. The number of amides is 1. The Labute approximate surface area is 134 Å². The predicted molar refractivity (Wildman–Crippen MR) is 82.3 cm³/mol. The van der Waals surface area contributed by atoms with Crippen LogP contribution in [0.5, 0.6) is 0 Å². The van der Waals surface area contributed by atoms with E-state index in [1.807, 2.05) is 4.90 Å². The molecule has 2 heterocycles. The lowest BCUT2D eigenvalue weighted by molar-refractivity contribution is -0.132. The first kappa shape index (κ1) is 15.6. The van der Waals surface area contributed by atoms with E-state index in [-0.39, 0.29) is 17.6 Å². The summed E-state index contributed by atoms with van der Waals surface area (Å²) in [6.07, 6.45) is 2.43. The highest BCUT2D eigenvalue weighted by atomic mass is 19.1. The van der Waals surface area contributed by atoms with Crippen LogP contribution in [0.15, 0.2) is 28.8 Å². The first-order valence-electron chi connectivity index (χ1n) is 7.95. The molecule has 2 aromatic rings. The van der Waals surface area contributed by atoms with E-state index in [0.717, 1.165) is 12.8 Å². The molecule has 0 spiro atoms. The summed E-state index contributed by atoms with van der Waals surface area (Å²) >= 11 is 0. The van der Waals surface area contributed by atoms with Gasteiger partial charge in [0.15, 0.2) is 5.82 Å². The Morgan fingerprint density at radius 3 is 2.74 bits per heavy atom. The van der Waals surface area contributed by atoms with E-state index in [4.69, 9.17) is 4.52 Å². The Kier molecular flexibility index (Phi) is 4.69. The lowest BCUT2D eigenvalue weighted by atomic mass is 9.96. The van der Waals surface area contributed by atoms with Gasteiger partial charge in [-0.3, -0.25) is 4.79 Å².